The molecule has 5 rings (SSSR count). The molecule has 33 heavy (non-hydrogen) atoms. The number of aromatic nitrogens is 1. The number of aromatic amines is 1. The Morgan fingerprint density at radius 1 is 1.00 bits per heavy atom. The molecular weight excluding hydrogens is 429 g/mol. The van der Waals surface area contributed by atoms with Crippen molar-refractivity contribution in [3.8, 4) is 5.75 Å². The summed E-state index contributed by atoms with van der Waals surface area (Å²) in [6.45, 7) is 0. The van der Waals surface area contributed by atoms with Gasteiger partial charge in [-0.25, -0.2) is 0 Å². The fraction of sp³-hybridized carbons (Fsp3) is 0.423. The quantitative estimate of drug-likeness (QED) is 0.433. The van der Waals surface area contributed by atoms with Crippen molar-refractivity contribution in [3.05, 3.63) is 59.8 Å². The van der Waals surface area contributed by atoms with Crippen LogP contribution in [0.4, 0.5) is 18.9 Å². The van der Waals surface area contributed by atoms with Crippen molar-refractivity contribution in [2.45, 2.75) is 63.1 Å². The van der Waals surface area contributed by atoms with Crippen LogP contribution in [0.25, 0.3) is 10.9 Å². The van der Waals surface area contributed by atoms with Crippen molar-refractivity contribution in [1.82, 2.24) is 4.98 Å². The number of carbonyl (C=O) groups excluding carboxylic acids is 1. The fourth-order valence-corrected chi connectivity index (χ4v) is 4.95. The van der Waals surface area contributed by atoms with Gasteiger partial charge < -0.3 is 15.0 Å². The van der Waals surface area contributed by atoms with E-state index in [1.165, 1.54) is 6.42 Å². The van der Waals surface area contributed by atoms with Crippen molar-refractivity contribution < 1.29 is 22.7 Å². The summed E-state index contributed by atoms with van der Waals surface area (Å²) >= 11 is 0. The largest absolute Gasteiger partial charge is 0.490 e. The zero-order valence-electron chi connectivity index (χ0n) is 18.3. The first-order valence-corrected chi connectivity index (χ1v) is 11.6. The number of halogens is 3. The highest BCUT2D eigenvalue weighted by atomic mass is 19.4. The number of hydrogen-bond donors (Lipinski definition) is 2. The summed E-state index contributed by atoms with van der Waals surface area (Å²) in [5.74, 6) is 1.10. The molecule has 174 valence electrons. The van der Waals surface area contributed by atoms with Crippen molar-refractivity contribution >= 4 is 22.5 Å². The molecule has 0 radical (unpaired) electrons. The number of fused-ring (bicyclic) bond motifs is 1. The highest BCUT2D eigenvalue weighted by Gasteiger charge is 2.34. The predicted octanol–water partition coefficient (Wildman–Crippen LogP) is 7.03. The van der Waals surface area contributed by atoms with Crippen LogP contribution in [0.5, 0.6) is 5.75 Å². The molecule has 2 fully saturated rings. The molecule has 0 unspecified atom stereocenters. The van der Waals surface area contributed by atoms with Gasteiger partial charge in [0.2, 0.25) is 5.91 Å². The summed E-state index contributed by atoms with van der Waals surface area (Å²) < 4.78 is 44.4. The number of carbonyl (C=O) groups is 1. The molecule has 0 saturated heterocycles. The molecule has 1 heterocycles. The molecular formula is C26H27F3N2O2. The van der Waals surface area contributed by atoms with Crippen molar-refractivity contribution in [1.29, 1.82) is 0 Å². The average Bonchev–Trinajstić information content (AvgIpc) is 3.18. The number of nitrogens with one attached hydrogen (secondary N) is 2. The lowest BCUT2D eigenvalue weighted by Gasteiger charge is -2.35. The summed E-state index contributed by atoms with van der Waals surface area (Å²) in [6, 6.07) is 11.2. The van der Waals surface area contributed by atoms with Gasteiger partial charge in [0.1, 0.15) is 5.75 Å². The van der Waals surface area contributed by atoms with Gasteiger partial charge in [0.15, 0.2) is 0 Å². The fourth-order valence-electron chi connectivity index (χ4n) is 4.95. The normalized spacial score (nSPS) is 21.5. The Labute approximate surface area is 190 Å². The molecule has 0 bridgehead atoms. The van der Waals surface area contributed by atoms with E-state index in [1.807, 2.05) is 24.4 Å². The summed E-state index contributed by atoms with van der Waals surface area (Å²) in [4.78, 5) is 15.9. The number of anilines is 1. The maximum atomic E-state index is 12.8. The number of H-pyrrole nitrogens is 1. The van der Waals surface area contributed by atoms with Crippen LogP contribution in [0.3, 0.4) is 0 Å². The van der Waals surface area contributed by atoms with Crippen molar-refractivity contribution in [2.75, 3.05) is 5.32 Å². The number of hydrogen-bond acceptors (Lipinski definition) is 2. The molecule has 1 aromatic heterocycles. The van der Waals surface area contributed by atoms with Crippen LogP contribution in [0.2, 0.25) is 0 Å². The number of amides is 1. The van der Waals surface area contributed by atoms with Gasteiger partial charge in [-0.05, 0) is 67.5 Å². The van der Waals surface area contributed by atoms with Crippen LogP contribution in [-0.2, 0) is 11.0 Å². The number of alkyl halides is 3. The smallest absolute Gasteiger partial charge is 0.416 e. The zero-order chi connectivity index (χ0) is 23.0. The van der Waals surface area contributed by atoms with Crippen molar-refractivity contribution in [3.63, 3.8) is 0 Å². The molecule has 3 aromatic rings. The van der Waals surface area contributed by atoms with Gasteiger partial charge >= 0.3 is 6.18 Å². The summed E-state index contributed by atoms with van der Waals surface area (Å²) in [7, 11) is 0. The Morgan fingerprint density at radius 3 is 2.42 bits per heavy atom. The molecule has 2 aliphatic rings. The van der Waals surface area contributed by atoms with Crippen molar-refractivity contribution in [2.24, 2.45) is 5.92 Å². The second-order valence-corrected chi connectivity index (χ2v) is 9.26. The molecule has 2 saturated carbocycles. The first-order chi connectivity index (χ1) is 15.9. The minimum absolute atomic E-state index is 0.0222. The topological polar surface area (TPSA) is 54.1 Å². The number of rotatable bonds is 5. The van der Waals surface area contributed by atoms with Crippen LogP contribution in [0, 0.1) is 5.92 Å². The van der Waals surface area contributed by atoms with Gasteiger partial charge in [0, 0.05) is 23.0 Å². The molecule has 2 N–H and O–H groups in total. The van der Waals surface area contributed by atoms with Gasteiger partial charge in [-0.3, -0.25) is 4.79 Å². The SMILES string of the molecule is O=C(Nc1c[nH]c2ccc(O[C@H]3C[C@@H](c4ccc(C(F)(F)F)cc4)C3)cc12)C1CCCCC1. The Bertz CT molecular complexity index is 1120. The van der Waals surface area contributed by atoms with E-state index in [0.717, 1.165) is 78.6 Å². The van der Waals surface area contributed by atoms with E-state index in [0.29, 0.717) is 0 Å². The maximum Gasteiger partial charge on any atom is 0.416 e. The zero-order valence-corrected chi connectivity index (χ0v) is 18.3. The van der Waals surface area contributed by atoms with Gasteiger partial charge in [0.05, 0.1) is 17.4 Å². The lowest BCUT2D eigenvalue weighted by atomic mass is 9.77. The van der Waals surface area contributed by atoms with E-state index in [1.54, 1.807) is 12.1 Å². The standard InChI is InChI=1S/C26H27F3N2O2/c27-26(28,29)19-8-6-16(7-9-19)18-12-21(13-18)33-20-10-11-23-22(14-20)24(15-30-23)31-25(32)17-4-2-1-3-5-17/h6-11,14-15,17-18,21,30H,1-5,12-13H2,(H,31,32)/t18-,21+. The minimum atomic E-state index is -4.31. The van der Waals surface area contributed by atoms with Crippen LogP contribution in [0.1, 0.15) is 62.0 Å². The third-order valence-electron chi connectivity index (χ3n) is 6.99. The third kappa shape index (κ3) is 4.72. The third-order valence-corrected chi connectivity index (χ3v) is 6.99. The van der Waals surface area contributed by atoms with E-state index in [4.69, 9.17) is 4.74 Å². The molecule has 2 aromatic carbocycles. The molecule has 1 amide bonds. The average molecular weight is 457 g/mol. The molecule has 2 aliphatic carbocycles. The molecule has 0 atom stereocenters. The van der Waals surface area contributed by atoms with Crippen LogP contribution in [0.15, 0.2) is 48.7 Å². The second-order valence-electron chi connectivity index (χ2n) is 9.26. The van der Waals surface area contributed by atoms with Crippen LogP contribution in [-0.4, -0.2) is 17.0 Å². The first kappa shape index (κ1) is 21.9. The summed E-state index contributed by atoms with van der Waals surface area (Å²) in [5.41, 5.74) is 1.99. The van der Waals surface area contributed by atoms with E-state index >= 15 is 0 Å². The van der Waals surface area contributed by atoms with Crippen LogP contribution >= 0.6 is 0 Å². The molecule has 0 aliphatic heterocycles. The second kappa shape index (κ2) is 8.76. The lowest BCUT2D eigenvalue weighted by Crippen LogP contribution is -2.32. The van der Waals surface area contributed by atoms with Gasteiger partial charge in [0.25, 0.3) is 0 Å². The molecule has 7 heteroatoms. The Kier molecular flexibility index (Phi) is 5.81. The monoisotopic (exact) mass is 456 g/mol. The number of benzene rings is 2. The maximum absolute atomic E-state index is 12.8. The number of ether oxygens (including phenoxy) is 1. The highest BCUT2D eigenvalue weighted by molar-refractivity contribution is 6.02. The van der Waals surface area contributed by atoms with E-state index in [9.17, 15) is 18.0 Å². The first-order valence-electron chi connectivity index (χ1n) is 11.6. The molecule has 0 spiro atoms. The van der Waals surface area contributed by atoms with E-state index in [-0.39, 0.29) is 23.8 Å². The van der Waals surface area contributed by atoms with Gasteiger partial charge in [-0.1, -0.05) is 31.4 Å². The van der Waals surface area contributed by atoms with Gasteiger partial charge in [-0.15, -0.1) is 0 Å². The minimum Gasteiger partial charge on any atom is -0.490 e. The lowest BCUT2D eigenvalue weighted by molar-refractivity contribution is -0.137. The van der Waals surface area contributed by atoms with Crippen LogP contribution < -0.4 is 10.1 Å². The van der Waals surface area contributed by atoms with Gasteiger partial charge in [-0.2, -0.15) is 13.2 Å². The Hall–Kier alpha value is -2.96. The highest BCUT2D eigenvalue weighted by Crippen LogP contribution is 2.41. The van der Waals surface area contributed by atoms with E-state index < -0.39 is 11.7 Å². The predicted molar refractivity (Wildman–Crippen MR) is 121 cm³/mol. The Balaban J connectivity index is 1.20. The molecule has 4 nitrogen and oxygen atoms in total. The summed E-state index contributed by atoms with van der Waals surface area (Å²) in [6.07, 6.45) is 4.39. The summed E-state index contributed by atoms with van der Waals surface area (Å²) in [5, 5.41) is 3.99. The van der Waals surface area contributed by atoms with E-state index in [2.05, 4.69) is 10.3 Å². The Morgan fingerprint density at radius 2 is 1.73 bits per heavy atom.